The lowest BCUT2D eigenvalue weighted by molar-refractivity contribution is 0.0779. The topological polar surface area (TPSA) is 87.9 Å². The van der Waals surface area contributed by atoms with Crippen LogP contribution in [0.2, 0.25) is 0 Å². The van der Waals surface area contributed by atoms with Crippen LogP contribution in [-0.4, -0.2) is 34.8 Å². The van der Waals surface area contributed by atoms with Crippen molar-refractivity contribution in [3.05, 3.63) is 54.1 Å². The lowest BCUT2D eigenvalue weighted by Crippen LogP contribution is -2.14. The summed E-state index contributed by atoms with van der Waals surface area (Å²) in [6, 6.07) is 13.5. The van der Waals surface area contributed by atoms with Gasteiger partial charge in [0.1, 0.15) is 12.4 Å². The summed E-state index contributed by atoms with van der Waals surface area (Å²) in [4.78, 5) is 0.139. The van der Waals surface area contributed by atoms with Gasteiger partial charge in [-0.15, -0.1) is 0 Å². The van der Waals surface area contributed by atoms with Crippen LogP contribution in [0.3, 0.4) is 0 Å². The molecule has 0 aliphatic heterocycles. The number of aryl methyl sites for hydroxylation is 1. The Morgan fingerprint density at radius 3 is 2.17 bits per heavy atom. The Morgan fingerprint density at radius 1 is 0.875 bits per heavy atom. The predicted molar refractivity (Wildman–Crippen MR) is 91.5 cm³/mol. The summed E-state index contributed by atoms with van der Waals surface area (Å²) in [6.07, 6.45) is 0. The van der Waals surface area contributed by atoms with Gasteiger partial charge in [0.25, 0.3) is 10.1 Å². The lowest BCUT2D eigenvalue weighted by Gasteiger charge is -2.08. The van der Waals surface area contributed by atoms with E-state index in [0.717, 1.165) is 5.56 Å². The Balaban J connectivity index is 1.62. The number of nitrogen functional groups attached to an aromatic ring is 1. The summed E-state index contributed by atoms with van der Waals surface area (Å²) >= 11 is 0. The Hall–Kier alpha value is -2.09. The van der Waals surface area contributed by atoms with Gasteiger partial charge in [-0.1, -0.05) is 17.7 Å². The van der Waals surface area contributed by atoms with Crippen LogP contribution < -0.4 is 10.5 Å². The van der Waals surface area contributed by atoms with Crippen molar-refractivity contribution < 1.29 is 22.1 Å². The first-order valence-electron chi connectivity index (χ1n) is 7.49. The number of ether oxygens (including phenoxy) is 2. The van der Waals surface area contributed by atoms with E-state index in [0.29, 0.717) is 24.7 Å². The van der Waals surface area contributed by atoms with Crippen molar-refractivity contribution in [3.8, 4) is 5.75 Å². The Morgan fingerprint density at radius 2 is 1.50 bits per heavy atom. The molecule has 2 aromatic carbocycles. The van der Waals surface area contributed by atoms with Crippen molar-refractivity contribution in [2.24, 2.45) is 0 Å². The molecule has 0 fully saturated rings. The van der Waals surface area contributed by atoms with Crippen LogP contribution in [0.1, 0.15) is 5.56 Å². The Bertz CT molecular complexity index is 727. The molecule has 2 rings (SSSR count). The van der Waals surface area contributed by atoms with Gasteiger partial charge in [0, 0.05) is 5.69 Å². The number of hydrogen-bond donors (Lipinski definition) is 1. The standard InChI is InChI=1S/C17H21NO5S/c1-14-2-8-17(9-3-14)24(19,20)23-13-11-21-10-12-22-16-6-4-15(18)5-7-16/h2-9H,10-13,18H2,1H3. The van der Waals surface area contributed by atoms with Gasteiger partial charge < -0.3 is 15.2 Å². The third-order valence-corrected chi connectivity index (χ3v) is 4.48. The molecule has 130 valence electrons. The molecule has 0 bridgehead atoms. The van der Waals surface area contributed by atoms with Gasteiger partial charge in [-0.3, -0.25) is 4.18 Å². The van der Waals surface area contributed by atoms with Crippen molar-refractivity contribution in [1.82, 2.24) is 0 Å². The van der Waals surface area contributed by atoms with E-state index >= 15 is 0 Å². The van der Waals surface area contributed by atoms with E-state index < -0.39 is 10.1 Å². The molecule has 0 unspecified atom stereocenters. The van der Waals surface area contributed by atoms with Gasteiger partial charge in [0.05, 0.1) is 24.7 Å². The summed E-state index contributed by atoms with van der Waals surface area (Å²) < 4.78 is 39.5. The van der Waals surface area contributed by atoms with Crippen molar-refractivity contribution in [1.29, 1.82) is 0 Å². The lowest BCUT2D eigenvalue weighted by atomic mass is 10.2. The first-order chi connectivity index (χ1) is 11.5. The Kier molecular flexibility index (Phi) is 6.60. The fourth-order valence-corrected chi connectivity index (χ4v) is 2.75. The number of benzene rings is 2. The summed E-state index contributed by atoms with van der Waals surface area (Å²) in [7, 11) is -3.74. The van der Waals surface area contributed by atoms with Crippen LogP contribution in [0.25, 0.3) is 0 Å². The van der Waals surface area contributed by atoms with Crippen LogP contribution in [-0.2, 0) is 19.0 Å². The fraction of sp³-hybridized carbons (Fsp3) is 0.294. The molecule has 24 heavy (non-hydrogen) atoms. The molecule has 0 atom stereocenters. The molecule has 0 aliphatic rings. The summed E-state index contributed by atoms with van der Waals surface area (Å²) in [5.41, 5.74) is 7.23. The summed E-state index contributed by atoms with van der Waals surface area (Å²) in [5, 5.41) is 0. The zero-order chi connectivity index (χ0) is 17.4. The highest BCUT2D eigenvalue weighted by Crippen LogP contribution is 2.13. The zero-order valence-electron chi connectivity index (χ0n) is 13.5. The minimum absolute atomic E-state index is 0.0436. The molecule has 0 aliphatic carbocycles. The molecule has 0 saturated heterocycles. The fourth-order valence-electron chi connectivity index (χ4n) is 1.86. The highest BCUT2D eigenvalue weighted by atomic mass is 32.2. The van der Waals surface area contributed by atoms with E-state index in [1.54, 1.807) is 36.4 Å². The quantitative estimate of drug-likeness (QED) is 0.424. The van der Waals surface area contributed by atoms with Gasteiger partial charge in [0.2, 0.25) is 0 Å². The SMILES string of the molecule is Cc1ccc(S(=O)(=O)OCCOCCOc2ccc(N)cc2)cc1. The molecule has 2 N–H and O–H groups in total. The smallest absolute Gasteiger partial charge is 0.297 e. The molecule has 0 saturated carbocycles. The van der Waals surface area contributed by atoms with Gasteiger partial charge in [-0.05, 0) is 43.3 Å². The van der Waals surface area contributed by atoms with Crippen LogP contribution >= 0.6 is 0 Å². The maximum atomic E-state index is 11.9. The van der Waals surface area contributed by atoms with Gasteiger partial charge >= 0.3 is 0 Å². The molecule has 0 aromatic heterocycles. The van der Waals surface area contributed by atoms with Gasteiger partial charge in [0.15, 0.2) is 0 Å². The second-order valence-electron chi connectivity index (χ2n) is 5.12. The van der Waals surface area contributed by atoms with Gasteiger partial charge in [-0.25, -0.2) is 0 Å². The largest absolute Gasteiger partial charge is 0.491 e. The molecule has 0 spiro atoms. The normalized spacial score (nSPS) is 11.4. The van der Waals surface area contributed by atoms with E-state index in [9.17, 15) is 8.42 Å². The van der Waals surface area contributed by atoms with Gasteiger partial charge in [-0.2, -0.15) is 8.42 Å². The molecule has 0 amide bonds. The second-order valence-corrected chi connectivity index (χ2v) is 6.73. The molecular weight excluding hydrogens is 330 g/mol. The first kappa shape index (κ1) is 18.3. The second kappa shape index (κ2) is 8.68. The van der Waals surface area contributed by atoms with Crippen LogP contribution in [0.4, 0.5) is 5.69 Å². The minimum atomic E-state index is -3.74. The average molecular weight is 351 g/mol. The molecule has 7 heteroatoms. The third-order valence-electron chi connectivity index (χ3n) is 3.15. The van der Waals surface area contributed by atoms with Crippen molar-refractivity contribution in [2.45, 2.75) is 11.8 Å². The minimum Gasteiger partial charge on any atom is -0.491 e. The van der Waals surface area contributed by atoms with E-state index in [2.05, 4.69) is 0 Å². The summed E-state index contributed by atoms with van der Waals surface area (Å²) in [6.45, 7) is 2.69. The maximum absolute atomic E-state index is 11.9. The van der Waals surface area contributed by atoms with E-state index in [-0.39, 0.29) is 18.1 Å². The molecule has 0 radical (unpaired) electrons. The zero-order valence-corrected chi connectivity index (χ0v) is 14.3. The van der Waals surface area contributed by atoms with Crippen LogP contribution in [0.15, 0.2) is 53.4 Å². The van der Waals surface area contributed by atoms with Crippen molar-refractivity contribution in [2.75, 3.05) is 32.2 Å². The molecular formula is C17H21NO5S. The molecule has 2 aromatic rings. The number of rotatable bonds is 9. The van der Waals surface area contributed by atoms with Crippen molar-refractivity contribution >= 4 is 15.8 Å². The number of hydrogen-bond acceptors (Lipinski definition) is 6. The van der Waals surface area contributed by atoms with Crippen LogP contribution in [0.5, 0.6) is 5.75 Å². The first-order valence-corrected chi connectivity index (χ1v) is 8.90. The average Bonchev–Trinajstić information content (AvgIpc) is 2.56. The third kappa shape index (κ3) is 5.84. The van der Waals surface area contributed by atoms with E-state index in [1.165, 1.54) is 12.1 Å². The Labute approximate surface area is 142 Å². The monoisotopic (exact) mass is 351 g/mol. The van der Waals surface area contributed by atoms with Crippen LogP contribution in [0, 0.1) is 6.92 Å². The number of anilines is 1. The van der Waals surface area contributed by atoms with Crippen molar-refractivity contribution in [3.63, 3.8) is 0 Å². The maximum Gasteiger partial charge on any atom is 0.297 e. The van der Waals surface area contributed by atoms with E-state index in [1.807, 2.05) is 6.92 Å². The highest BCUT2D eigenvalue weighted by molar-refractivity contribution is 7.86. The molecule has 0 heterocycles. The molecule has 6 nitrogen and oxygen atoms in total. The highest BCUT2D eigenvalue weighted by Gasteiger charge is 2.14. The predicted octanol–water partition coefficient (Wildman–Crippen LogP) is 2.38. The summed E-state index contributed by atoms with van der Waals surface area (Å²) in [5.74, 6) is 0.700. The number of nitrogens with two attached hydrogens (primary N) is 1. The van der Waals surface area contributed by atoms with E-state index in [4.69, 9.17) is 19.4 Å².